The number of hydrogen-bond acceptors (Lipinski definition) is 3. The summed E-state index contributed by atoms with van der Waals surface area (Å²) in [6, 6.07) is 9.18. The first-order valence-electron chi connectivity index (χ1n) is 5.96. The van der Waals surface area contributed by atoms with Gasteiger partial charge < -0.3 is 15.0 Å². The van der Waals surface area contributed by atoms with Gasteiger partial charge in [0.25, 0.3) is 0 Å². The minimum absolute atomic E-state index is 0.0804. The number of hydrogen-bond donors (Lipinski definition) is 2. The van der Waals surface area contributed by atoms with Crippen LogP contribution in [0.4, 0.5) is 0 Å². The van der Waals surface area contributed by atoms with Crippen molar-refractivity contribution < 1.29 is 16.4 Å². The Balaban J connectivity index is 2.98. The lowest BCUT2D eigenvalue weighted by molar-refractivity contribution is -0.107. The number of carbonyl (C=O) groups excluding carboxylic acids is 1. The van der Waals surface area contributed by atoms with E-state index in [1.807, 2.05) is 30.3 Å². The molecule has 0 bridgehead atoms. The highest BCUT2D eigenvalue weighted by molar-refractivity contribution is 7.57. The van der Waals surface area contributed by atoms with Crippen molar-refractivity contribution in [2.24, 2.45) is 0 Å². The first-order chi connectivity index (χ1) is 8.74. The molecule has 0 aliphatic rings. The zero-order valence-electron chi connectivity index (χ0n) is 11.2. The molecule has 82 valence electrons. The van der Waals surface area contributed by atoms with Gasteiger partial charge in [0.15, 0.2) is 0 Å². The van der Waals surface area contributed by atoms with E-state index in [1.54, 1.807) is 0 Å². The molecular weight excluding hydrogens is 211 g/mol. The minimum Gasteiger partial charge on any atom is -0.392 e. The number of aliphatic hydroxyl groups is 2. The third-order valence-corrected chi connectivity index (χ3v) is 4.05. The Morgan fingerprint density at radius 1 is 1.40 bits per heavy atom. The number of benzene rings is 1. The largest absolute Gasteiger partial charge is 0.392 e. The van der Waals surface area contributed by atoms with Gasteiger partial charge in [-0.15, -0.1) is 0 Å². The van der Waals surface area contributed by atoms with E-state index in [4.69, 9.17) is 4.23 Å². The first-order valence-corrected chi connectivity index (χ1v) is 6.35. The summed E-state index contributed by atoms with van der Waals surface area (Å²) in [5.41, 5.74) is 0.458. The summed E-state index contributed by atoms with van der Waals surface area (Å²) in [5, 5.41) is 8.74. The molecule has 0 saturated heterocycles. The number of aliphatic hydroxyl groups excluding tert-OH is 2. The minimum atomic E-state index is -1.08. The fourth-order valence-electron chi connectivity index (χ4n) is 1.37. The highest BCUT2D eigenvalue weighted by Crippen LogP contribution is 2.50. The molecule has 0 aliphatic heterocycles. The maximum atomic E-state index is 10.9. The van der Waals surface area contributed by atoms with Crippen LogP contribution in [0.15, 0.2) is 30.3 Å². The molecule has 1 aromatic rings. The van der Waals surface area contributed by atoms with Crippen LogP contribution in [-0.2, 0) is 4.79 Å². The van der Waals surface area contributed by atoms with E-state index in [1.165, 1.54) is 0 Å². The molecule has 0 heterocycles. The molecule has 0 amide bonds. The van der Waals surface area contributed by atoms with Crippen molar-refractivity contribution in [3.05, 3.63) is 35.9 Å². The number of aldehydes is 1. The van der Waals surface area contributed by atoms with Gasteiger partial charge in [0.05, 0.1) is 12.7 Å². The molecule has 0 aromatic heterocycles. The van der Waals surface area contributed by atoms with Crippen molar-refractivity contribution in [3.8, 4) is 0 Å². The van der Waals surface area contributed by atoms with E-state index in [9.17, 15) is 4.79 Å². The van der Waals surface area contributed by atoms with Crippen molar-refractivity contribution in [2.75, 3.05) is 12.7 Å². The van der Waals surface area contributed by atoms with Crippen LogP contribution in [0.5, 0.6) is 0 Å². The summed E-state index contributed by atoms with van der Waals surface area (Å²) in [6.07, 6.45) is -0.210. The van der Waals surface area contributed by atoms with Crippen LogP contribution in [-0.4, -0.2) is 32.1 Å². The van der Waals surface area contributed by atoms with E-state index in [0.29, 0.717) is 6.29 Å². The summed E-state index contributed by atoms with van der Waals surface area (Å²) in [4.78, 5) is 10.9. The monoisotopic (exact) mass is 229 g/mol. The van der Waals surface area contributed by atoms with Crippen LogP contribution in [0.25, 0.3) is 0 Å². The molecule has 0 fully saturated rings. The van der Waals surface area contributed by atoms with Crippen LogP contribution in [0.2, 0.25) is 0 Å². The van der Waals surface area contributed by atoms with Crippen LogP contribution >= 0.6 is 7.92 Å². The maximum Gasteiger partial charge on any atom is 0.211 e. The highest BCUT2D eigenvalue weighted by atomic mass is 31.1. The average molecular weight is 229 g/mol. The van der Waals surface area contributed by atoms with Crippen molar-refractivity contribution in [1.82, 2.24) is 0 Å². The molecule has 1 aromatic carbocycles. The number of rotatable bonds is 8. The van der Waals surface area contributed by atoms with Crippen molar-refractivity contribution in [2.45, 2.75) is 12.1 Å². The molecule has 0 aliphatic carbocycles. The third-order valence-electron chi connectivity index (χ3n) is 2.13. The van der Waals surface area contributed by atoms with Crippen LogP contribution in [0.1, 0.15) is 19.0 Å². The predicted octanol–water partition coefficient (Wildman–Crippen LogP) is 1.70. The number of carbonyl (C=O) groups is 1. The second-order valence-electron chi connectivity index (χ2n) is 3.03. The van der Waals surface area contributed by atoms with E-state index >= 15 is 0 Å². The van der Waals surface area contributed by atoms with Crippen molar-refractivity contribution in [1.29, 1.82) is 2.86 Å². The molecule has 4 heteroatoms. The fourth-order valence-corrected chi connectivity index (χ4v) is 2.67. The van der Waals surface area contributed by atoms with Crippen LogP contribution < -0.4 is 0 Å². The maximum absolute atomic E-state index is 10.9. The van der Waals surface area contributed by atoms with Crippen molar-refractivity contribution in [3.63, 3.8) is 0 Å². The van der Waals surface area contributed by atoms with Crippen LogP contribution in [0.3, 0.4) is 0 Å². The normalized spacial score (nSPS) is 17.5. The van der Waals surface area contributed by atoms with Gasteiger partial charge in [-0.05, 0) is 13.5 Å². The van der Waals surface area contributed by atoms with Gasteiger partial charge in [0, 0.05) is 13.4 Å². The van der Waals surface area contributed by atoms with Gasteiger partial charge in [0.1, 0.15) is 6.29 Å². The van der Waals surface area contributed by atoms with Crippen molar-refractivity contribution >= 4 is 14.2 Å². The van der Waals surface area contributed by atoms with Gasteiger partial charge in [-0.1, -0.05) is 30.3 Å². The lowest BCUT2D eigenvalue weighted by atomic mass is 10.1. The average Bonchev–Trinajstić information content (AvgIpc) is 2.40. The Kier molecular flexibility index (Phi) is 3.74. The lowest BCUT2D eigenvalue weighted by Gasteiger charge is -2.22. The van der Waals surface area contributed by atoms with E-state index in [0.717, 1.165) is 5.56 Å². The summed E-state index contributed by atoms with van der Waals surface area (Å²) in [5.74, 6) is 0. The van der Waals surface area contributed by atoms with E-state index in [2.05, 4.69) is 10.2 Å². The summed E-state index contributed by atoms with van der Waals surface area (Å²) in [6.45, 7) is 0. The molecule has 0 saturated carbocycles. The Labute approximate surface area is 94.9 Å². The summed E-state index contributed by atoms with van der Waals surface area (Å²) < 4.78 is 21.4. The van der Waals surface area contributed by atoms with Gasteiger partial charge in [-0.3, -0.25) is 0 Å². The highest BCUT2D eigenvalue weighted by Gasteiger charge is 2.20. The molecule has 1 rings (SSSR count). The second kappa shape index (κ2) is 6.67. The Morgan fingerprint density at radius 3 is 2.60 bits per heavy atom. The van der Waals surface area contributed by atoms with Gasteiger partial charge in [-0.2, -0.15) is 0 Å². The zero-order valence-corrected chi connectivity index (χ0v) is 9.10. The first kappa shape index (κ1) is 8.40. The molecule has 2 N–H and O–H groups in total. The van der Waals surface area contributed by atoms with Crippen LogP contribution in [0, 0.1) is 0 Å². The molecule has 3 nitrogen and oxygen atoms in total. The van der Waals surface area contributed by atoms with E-state index < -0.39 is 14.3 Å². The molecule has 0 spiro atoms. The van der Waals surface area contributed by atoms with E-state index in [-0.39, 0.29) is 18.4 Å². The summed E-state index contributed by atoms with van der Waals surface area (Å²) >= 11 is 0. The smallest absolute Gasteiger partial charge is 0.211 e. The van der Waals surface area contributed by atoms with Gasteiger partial charge in [-0.25, -0.2) is 0 Å². The molecule has 2 unspecified atom stereocenters. The second-order valence-corrected chi connectivity index (χ2v) is 5.28. The fraction of sp³-hybridized carbons (Fsp3) is 0.364. The molecule has 15 heavy (non-hydrogen) atoms. The zero-order chi connectivity index (χ0) is 13.4. The topological polar surface area (TPSA) is 57.5 Å². The Hall–Kier alpha value is -0.760. The standard InChI is InChI=1S/C11H15O3P/c12-7-6-11(15(8-13)9-14)10-4-2-1-3-5-10/h1-5,7,11,13-14H,6,8-9H2/i6D,13D,14D. The molecule has 2 atom stereocenters. The van der Waals surface area contributed by atoms with Gasteiger partial charge in [0.2, 0.25) is 2.86 Å². The molecular formula is C11H15O3P. The predicted molar refractivity (Wildman–Crippen MR) is 61.0 cm³/mol. The molecule has 0 radical (unpaired) electrons. The SMILES string of the molecule is [2H]OCP(CO[2H])C(c1ccccc1)C([2H])C=O. The Bertz CT molecular complexity index is 347. The third kappa shape index (κ3) is 3.38. The Morgan fingerprint density at radius 2 is 2.07 bits per heavy atom. The quantitative estimate of drug-likeness (QED) is 0.527. The summed E-state index contributed by atoms with van der Waals surface area (Å²) in [7, 11) is -1.08. The lowest BCUT2D eigenvalue weighted by Crippen LogP contribution is -2.03. The van der Waals surface area contributed by atoms with Gasteiger partial charge >= 0.3 is 0 Å².